The van der Waals surface area contributed by atoms with E-state index in [1.807, 2.05) is 0 Å². The molecule has 5 atom stereocenters. The van der Waals surface area contributed by atoms with E-state index < -0.39 is 42.4 Å². The highest BCUT2D eigenvalue weighted by molar-refractivity contribution is 5.87. The average Bonchev–Trinajstić information content (AvgIpc) is 3.28. The summed E-state index contributed by atoms with van der Waals surface area (Å²) >= 11 is 0. The molecule has 0 bridgehead atoms. The Hall–Kier alpha value is -2.77. The van der Waals surface area contributed by atoms with Gasteiger partial charge in [0.2, 0.25) is 0 Å². The van der Waals surface area contributed by atoms with Gasteiger partial charge in [0.05, 0.1) is 10.9 Å². The van der Waals surface area contributed by atoms with Crippen molar-refractivity contribution in [3.8, 4) is 0 Å². The summed E-state index contributed by atoms with van der Waals surface area (Å²) in [5, 5.41) is 32.0. The first-order valence-corrected chi connectivity index (χ1v) is 8.87. The van der Waals surface area contributed by atoms with E-state index in [-0.39, 0.29) is 5.56 Å². The van der Waals surface area contributed by atoms with Crippen molar-refractivity contribution in [3.05, 3.63) is 54.0 Å². The first kappa shape index (κ1) is 20.5. The summed E-state index contributed by atoms with van der Waals surface area (Å²) in [6.07, 6.45) is -8.51. The number of hydrazine groups is 1. The van der Waals surface area contributed by atoms with Crippen LogP contribution in [0.5, 0.6) is 0 Å². The Morgan fingerprint density at radius 3 is 2.43 bits per heavy atom. The molecular formula is C18H18F3N5O4. The number of ether oxygens (including phenoxy) is 1. The molecule has 1 unspecified atom stereocenters. The zero-order valence-corrected chi connectivity index (χ0v) is 15.2. The van der Waals surface area contributed by atoms with Gasteiger partial charge in [-0.15, -0.1) is 0 Å². The van der Waals surface area contributed by atoms with E-state index in [2.05, 4.69) is 15.4 Å². The molecule has 6 N–H and O–H groups in total. The number of nitrogen functional groups attached to an aromatic ring is 1. The van der Waals surface area contributed by atoms with Crippen LogP contribution >= 0.6 is 0 Å². The highest BCUT2D eigenvalue weighted by atomic mass is 19.4. The second-order valence-electron chi connectivity index (χ2n) is 6.86. The number of fused-ring (bicyclic) bond motifs is 1. The molecule has 3 aromatic rings. The van der Waals surface area contributed by atoms with Crippen LogP contribution in [-0.4, -0.2) is 48.2 Å². The van der Waals surface area contributed by atoms with Gasteiger partial charge in [-0.2, -0.15) is 13.2 Å². The van der Waals surface area contributed by atoms with E-state index >= 15 is 0 Å². The maximum absolute atomic E-state index is 12.7. The minimum atomic E-state index is -4.51. The van der Waals surface area contributed by atoms with Crippen LogP contribution in [0.1, 0.15) is 23.5 Å². The van der Waals surface area contributed by atoms with E-state index in [4.69, 9.17) is 10.6 Å². The summed E-state index contributed by atoms with van der Waals surface area (Å²) < 4.78 is 45.4. The van der Waals surface area contributed by atoms with Crippen molar-refractivity contribution in [2.75, 3.05) is 5.43 Å². The van der Waals surface area contributed by atoms with Crippen molar-refractivity contribution < 1.29 is 33.2 Å². The molecule has 30 heavy (non-hydrogen) atoms. The molecule has 4 rings (SSSR count). The van der Waals surface area contributed by atoms with Crippen LogP contribution in [0.4, 0.5) is 19.0 Å². The van der Waals surface area contributed by atoms with Crippen molar-refractivity contribution in [2.45, 2.75) is 36.8 Å². The molecule has 0 amide bonds. The zero-order chi connectivity index (χ0) is 21.6. The third-order valence-electron chi connectivity index (χ3n) is 5.09. The number of nitrogens with two attached hydrogens (primary N) is 1. The molecule has 1 fully saturated rings. The van der Waals surface area contributed by atoms with E-state index in [1.165, 1.54) is 10.9 Å². The second-order valence-corrected chi connectivity index (χ2v) is 6.86. The summed E-state index contributed by atoms with van der Waals surface area (Å²) in [7, 11) is 0. The van der Waals surface area contributed by atoms with Crippen molar-refractivity contribution >= 4 is 16.9 Å². The van der Waals surface area contributed by atoms with Gasteiger partial charge in [-0.1, -0.05) is 12.1 Å². The number of hydrogen-bond acceptors (Lipinski definition) is 8. The summed E-state index contributed by atoms with van der Waals surface area (Å²) in [5.41, 5.74) is 2.02. The molecular weight excluding hydrogens is 407 g/mol. The smallest absolute Gasteiger partial charge is 0.387 e. The van der Waals surface area contributed by atoms with Crippen LogP contribution in [-0.2, 0) is 10.9 Å². The van der Waals surface area contributed by atoms with Crippen LogP contribution in [0.2, 0.25) is 0 Å². The molecule has 12 heteroatoms. The van der Waals surface area contributed by atoms with Gasteiger partial charge in [-0.3, -0.25) is 0 Å². The number of benzene rings is 1. The lowest BCUT2D eigenvalue weighted by molar-refractivity contribution is -0.137. The van der Waals surface area contributed by atoms with Crippen molar-refractivity contribution in [2.24, 2.45) is 5.84 Å². The Morgan fingerprint density at radius 2 is 1.80 bits per heavy atom. The third kappa shape index (κ3) is 3.38. The van der Waals surface area contributed by atoms with Gasteiger partial charge in [0.1, 0.15) is 36.4 Å². The van der Waals surface area contributed by atoms with Gasteiger partial charge in [-0.05, 0) is 23.8 Å². The van der Waals surface area contributed by atoms with Crippen LogP contribution in [0.3, 0.4) is 0 Å². The fraction of sp³-hybridized carbons (Fsp3) is 0.333. The topological polar surface area (TPSA) is 139 Å². The average molecular weight is 425 g/mol. The first-order chi connectivity index (χ1) is 14.2. The van der Waals surface area contributed by atoms with E-state index in [0.717, 1.165) is 24.3 Å². The standard InChI is InChI=1S/C18H18F3N5O4/c19-18(20,21)9-3-1-8(2-4-9)11(27)14-12(28)13(29)17(30-14)26-6-5-10-15(25-22)23-7-24-16(10)26/h1-7,11-14,17,27-29H,22H2,(H,23,24,25)/t11?,12-,13+,14+,17+/m0/s1. The molecule has 0 saturated carbocycles. The molecule has 1 aliphatic heterocycles. The number of nitrogens with zero attached hydrogens (tertiary/aromatic N) is 3. The minimum absolute atomic E-state index is 0.106. The summed E-state index contributed by atoms with van der Waals surface area (Å²) in [6, 6.07) is 5.48. The monoisotopic (exact) mass is 425 g/mol. The van der Waals surface area contributed by atoms with E-state index in [0.29, 0.717) is 16.9 Å². The fourth-order valence-electron chi connectivity index (χ4n) is 3.53. The predicted molar refractivity (Wildman–Crippen MR) is 97.7 cm³/mol. The van der Waals surface area contributed by atoms with Gasteiger partial charge >= 0.3 is 6.18 Å². The van der Waals surface area contributed by atoms with Gasteiger partial charge in [-0.25, -0.2) is 15.8 Å². The number of halogens is 3. The Balaban J connectivity index is 1.60. The summed E-state index contributed by atoms with van der Waals surface area (Å²) in [6.45, 7) is 0. The fourth-order valence-corrected chi connectivity index (χ4v) is 3.53. The third-order valence-corrected chi connectivity index (χ3v) is 5.09. The highest BCUT2D eigenvalue weighted by Gasteiger charge is 2.47. The van der Waals surface area contributed by atoms with Crippen molar-refractivity contribution in [1.29, 1.82) is 0 Å². The van der Waals surface area contributed by atoms with Crippen molar-refractivity contribution in [3.63, 3.8) is 0 Å². The van der Waals surface area contributed by atoms with Crippen LogP contribution in [0, 0.1) is 0 Å². The van der Waals surface area contributed by atoms with Gasteiger partial charge in [0.15, 0.2) is 12.0 Å². The molecule has 1 aromatic carbocycles. The number of nitrogens with one attached hydrogen (secondary N) is 1. The lowest BCUT2D eigenvalue weighted by atomic mass is 9.98. The van der Waals surface area contributed by atoms with Crippen LogP contribution in [0.25, 0.3) is 11.0 Å². The van der Waals surface area contributed by atoms with Crippen LogP contribution in [0.15, 0.2) is 42.9 Å². The second kappa shape index (κ2) is 7.49. The number of anilines is 1. The minimum Gasteiger partial charge on any atom is -0.387 e. The molecule has 9 nitrogen and oxygen atoms in total. The SMILES string of the molecule is NNc1ncnc2c1ccn2[C@@H]1O[C@H](C(O)c2ccc(C(F)(F)F)cc2)[C@@H](O)[C@H]1O. The molecule has 0 aliphatic carbocycles. The molecule has 1 saturated heterocycles. The Labute approximate surface area is 167 Å². The molecule has 3 heterocycles. The molecule has 1 aliphatic rings. The number of hydrogen-bond donors (Lipinski definition) is 5. The number of rotatable bonds is 4. The predicted octanol–water partition coefficient (Wildman–Crippen LogP) is 1.09. The normalized spacial score (nSPS) is 25.6. The quantitative estimate of drug-likeness (QED) is 0.309. The number of aliphatic hydroxyl groups is 3. The summed E-state index contributed by atoms with van der Waals surface area (Å²) in [5.74, 6) is 5.76. The molecule has 2 aromatic heterocycles. The molecule has 0 radical (unpaired) electrons. The number of aromatic nitrogens is 3. The van der Waals surface area contributed by atoms with Gasteiger partial charge < -0.3 is 30.0 Å². The summed E-state index contributed by atoms with van der Waals surface area (Å²) in [4.78, 5) is 8.10. The van der Waals surface area contributed by atoms with E-state index in [1.54, 1.807) is 12.3 Å². The van der Waals surface area contributed by atoms with Gasteiger partial charge in [0, 0.05) is 6.20 Å². The maximum atomic E-state index is 12.7. The Morgan fingerprint density at radius 1 is 1.10 bits per heavy atom. The van der Waals surface area contributed by atoms with E-state index in [9.17, 15) is 28.5 Å². The number of alkyl halides is 3. The zero-order valence-electron chi connectivity index (χ0n) is 15.2. The largest absolute Gasteiger partial charge is 0.416 e. The maximum Gasteiger partial charge on any atom is 0.416 e. The Bertz CT molecular complexity index is 1040. The lowest BCUT2D eigenvalue weighted by Gasteiger charge is -2.22. The van der Waals surface area contributed by atoms with Crippen molar-refractivity contribution in [1.82, 2.24) is 14.5 Å². The highest BCUT2D eigenvalue weighted by Crippen LogP contribution is 2.38. The van der Waals surface area contributed by atoms with Crippen LogP contribution < -0.4 is 11.3 Å². The molecule has 160 valence electrons. The Kier molecular flexibility index (Phi) is 5.11. The molecule has 0 spiro atoms. The lowest BCUT2D eigenvalue weighted by Crippen LogP contribution is -2.34. The van der Waals surface area contributed by atoms with Gasteiger partial charge in [0.25, 0.3) is 0 Å². The first-order valence-electron chi connectivity index (χ1n) is 8.87. The number of aliphatic hydroxyl groups excluding tert-OH is 3.